The second-order valence-corrected chi connectivity index (χ2v) is 5.04. The van der Waals surface area contributed by atoms with Gasteiger partial charge < -0.3 is 14.6 Å². The summed E-state index contributed by atoms with van der Waals surface area (Å²) in [5.74, 6) is 1.16. The number of aliphatic hydroxyl groups is 1. The van der Waals surface area contributed by atoms with E-state index in [1.807, 2.05) is 0 Å². The molecular weight excluding hydrogens is 299 g/mol. The lowest BCUT2D eigenvalue weighted by Crippen LogP contribution is -2.11. The van der Waals surface area contributed by atoms with E-state index in [9.17, 15) is 5.11 Å². The van der Waals surface area contributed by atoms with Gasteiger partial charge in [-0.2, -0.15) is 0 Å². The maximum absolute atomic E-state index is 10.2. The second kappa shape index (κ2) is 6.84. The molecular formula is C15H14Cl2O3. The first-order chi connectivity index (χ1) is 9.60. The van der Waals surface area contributed by atoms with Crippen molar-refractivity contribution in [2.45, 2.75) is 6.10 Å². The van der Waals surface area contributed by atoms with Gasteiger partial charge in [0, 0.05) is 15.6 Å². The molecule has 2 aromatic rings. The third-order valence-corrected chi connectivity index (χ3v) is 3.22. The molecule has 2 rings (SSSR count). The predicted molar refractivity (Wildman–Crippen MR) is 79.9 cm³/mol. The fourth-order valence-electron chi connectivity index (χ4n) is 1.79. The highest BCUT2D eigenvalue weighted by atomic mass is 35.5. The van der Waals surface area contributed by atoms with Crippen LogP contribution in [-0.2, 0) is 0 Å². The number of benzene rings is 2. The van der Waals surface area contributed by atoms with Crippen LogP contribution in [0.1, 0.15) is 11.7 Å². The van der Waals surface area contributed by atoms with Crippen molar-refractivity contribution in [1.29, 1.82) is 0 Å². The third-order valence-electron chi connectivity index (χ3n) is 2.75. The normalized spacial score (nSPS) is 12.0. The summed E-state index contributed by atoms with van der Waals surface area (Å²) in [5.41, 5.74) is 0.585. The summed E-state index contributed by atoms with van der Waals surface area (Å²) in [6, 6.07) is 12.1. The van der Waals surface area contributed by atoms with Crippen LogP contribution in [0.4, 0.5) is 0 Å². The smallest absolute Gasteiger partial charge is 0.124 e. The number of aliphatic hydroxyl groups excluding tert-OH is 1. The molecule has 0 spiro atoms. The Kier molecular flexibility index (Phi) is 5.12. The molecule has 0 radical (unpaired) electrons. The highest BCUT2D eigenvalue weighted by Crippen LogP contribution is 2.29. The molecule has 0 saturated heterocycles. The minimum atomic E-state index is -0.845. The Morgan fingerprint density at radius 2 is 1.85 bits per heavy atom. The van der Waals surface area contributed by atoms with Gasteiger partial charge in [0.05, 0.1) is 7.11 Å². The van der Waals surface area contributed by atoms with Crippen molar-refractivity contribution < 1.29 is 14.6 Å². The van der Waals surface area contributed by atoms with Crippen molar-refractivity contribution in [2.24, 2.45) is 0 Å². The van der Waals surface area contributed by atoms with Gasteiger partial charge in [-0.3, -0.25) is 0 Å². The SMILES string of the molecule is COc1ccc(Cl)cc1C(O)COc1cccc(Cl)c1. The Morgan fingerprint density at radius 3 is 2.55 bits per heavy atom. The van der Waals surface area contributed by atoms with Crippen LogP contribution in [-0.4, -0.2) is 18.8 Å². The maximum Gasteiger partial charge on any atom is 0.124 e. The Balaban J connectivity index is 2.08. The van der Waals surface area contributed by atoms with Crippen LogP contribution in [0, 0.1) is 0 Å². The monoisotopic (exact) mass is 312 g/mol. The average Bonchev–Trinajstić information content (AvgIpc) is 2.45. The van der Waals surface area contributed by atoms with E-state index < -0.39 is 6.10 Å². The highest BCUT2D eigenvalue weighted by molar-refractivity contribution is 6.31. The van der Waals surface area contributed by atoms with Gasteiger partial charge in [-0.15, -0.1) is 0 Å². The third kappa shape index (κ3) is 3.79. The second-order valence-electron chi connectivity index (χ2n) is 4.17. The van der Waals surface area contributed by atoms with Crippen molar-refractivity contribution in [3.63, 3.8) is 0 Å². The Hall–Kier alpha value is -1.42. The van der Waals surface area contributed by atoms with E-state index in [0.29, 0.717) is 27.1 Å². The van der Waals surface area contributed by atoms with Gasteiger partial charge in [-0.25, -0.2) is 0 Å². The summed E-state index contributed by atoms with van der Waals surface area (Å²) in [5, 5.41) is 11.3. The molecule has 20 heavy (non-hydrogen) atoms. The number of halogens is 2. The van der Waals surface area contributed by atoms with Crippen LogP contribution in [0.15, 0.2) is 42.5 Å². The lowest BCUT2D eigenvalue weighted by atomic mass is 10.1. The predicted octanol–water partition coefficient (Wildman–Crippen LogP) is 4.11. The minimum absolute atomic E-state index is 0.0804. The van der Waals surface area contributed by atoms with Crippen LogP contribution >= 0.6 is 23.2 Å². The largest absolute Gasteiger partial charge is 0.496 e. The van der Waals surface area contributed by atoms with Crippen LogP contribution in [0.3, 0.4) is 0 Å². The van der Waals surface area contributed by atoms with Crippen molar-refractivity contribution >= 4 is 23.2 Å². The van der Waals surface area contributed by atoms with E-state index in [1.54, 1.807) is 42.5 Å². The fourth-order valence-corrected chi connectivity index (χ4v) is 2.15. The molecule has 1 unspecified atom stereocenters. The summed E-state index contributed by atoms with van der Waals surface area (Å²) < 4.78 is 10.7. The lowest BCUT2D eigenvalue weighted by Gasteiger charge is -2.16. The first-order valence-corrected chi connectivity index (χ1v) is 6.75. The van der Waals surface area contributed by atoms with Crippen molar-refractivity contribution in [1.82, 2.24) is 0 Å². The van der Waals surface area contributed by atoms with Gasteiger partial charge in [0.1, 0.15) is 24.2 Å². The minimum Gasteiger partial charge on any atom is -0.496 e. The van der Waals surface area contributed by atoms with Crippen LogP contribution < -0.4 is 9.47 Å². The molecule has 2 aromatic carbocycles. The molecule has 0 saturated carbocycles. The number of ether oxygens (including phenoxy) is 2. The zero-order chi connectivity index (χ0) is 14.5. The van der Waals surface area contributed by atoms with Crippen LogP contribution in [0.5, 0.6) is 11.5 Å². The van der Waals surface area contributed by atoms with Gasteiger partial charge in [0.15, 0.2) is 0 Å². The first kappa shape index (κ1) is 15.0. The number of rotatable bonds is 5. The van der Waals surface area contributed by atoms with Crippen molar-refractivity contribution in [3.8, 4) is 11.5 Å². The molecule has 1 atom stereocenters. The molecule has 106 valence electrons. The quantitative estimate of drug-likeness (QED) is 0.902. The number of hydrogen-bond donors (Lipinski definition) is 1. The summed E-state index contributed by atoms with van der Waals surface area (Å²) >= 11 is 11.8. The molecule has 0 aliphatic heterocycles. The summed E-state index contributed by atoms with van der Waals surface area (Å²) in [6.45, 7) is 0.0804. The maximum atomic E-state index is 10.2. The number of hydrogen-bond acceptors (Lipinski definition) is 3. The molecule has 0 aromatic heterocycles. The van der Waals surface area contributed by atoms with Gasteiger partial charge >= 0.3 is 0 Å². The molecule has 0 heterocycles. The number of methoxy groups -OCH3 is 1. The van der Waals surface area contributed by atoms with E-state index in [0.717, 1.165) is 0 Å². The molecule has 0 aliphatic carbocycles. The van der Waals surface area contributed by atoms with E-state index in [2.05, 4.69) is 0 Å². The molecule has 0 aliphatic rings. The topological polar surface area (TPSA) is 38.7 Å². The Labute approximate surface area is 127 Å². The molecule has 0 bridgehead atoms. The van der Waals surface area contributed by atoms with Crippen molar-refractivity contribution in [2.75, 3.05) is 13.7 Å². The molecule has 5 heteroatoms. The zero-order valence-electron chi connectivity index (χ0n) is 10.8. The van der Waals surface area contributed by atoms with Crippen LogP contribution in [0.2, 0.25) is 10.0 Å². The van der Waals surface area contributed by atoms with E-state index >= 15 is 0 Å². The standard InChI is InChI=1S/C15H14Cl2O3/c1-19-15-6-5-11(17)8-13(15)14(18)9-20-12-4-2-3-10(16)7-12/h2-8,14,18H,9H2,1H3. The summed E-state index contributed by atoms with van der Waals surface area (Å²) in [4.78, 5) is 0. The first-order valence-electron chi connectivity index (χ1n) is 6.00. The van der Waals surface area contributed by atoms with E-state index in [4.69, 9.17) is 32.7 Å². The van der Waals surface area contributed by atoms with Gasteiger partial charge in [0.25, 0.3) is 0 Å². The molecule has 1 N–H and O–H groups in total. The van der Waals surface area contributed by atoms with Gasteiger partial charge in [-0.1, -0.05) is 29.3 Å². The fraction of sp³-hybridized carbons (Fsp3) is 0.200. The van der Waals surface area contributed by atoms with E-state index in [1.165, 1.54) is 7.11 Å². The molecule has 0 fully saturated rings. The van der Waals surface area contributed by atoms with Gasteiger partial charge in [-0.05, 0) is 36.4 Å². The lowest BCUT2D eigenvalue weighted by molar-refractivity contribution is 0.106. The van der Waals surface area contributed by atoms with Crippen LogP contribution in [0.25, 0.3) is 0 Å². The Morgan fingerprint density at radius 1 is 1.10 bits per heavy atom. The van der Waals surface area contributed by atoms with E-state index in [-0.39, 0.29) is 6.61 Å². The highest BCUT2D eigenvalue weighted by Gasteiger charge is 2.14. The van der Waals surface area contributed by atoms with Crippen molar-refractivity contribution in [3.05, 3.63) is 58.1 Å². The average molecular weight is 313 g/mol. The Bertz CT molecular complexity index is 587. The molecule has 0 amide bonds. The zero-order valence-corrected chi connectivity index (χ0v) is 12.4. The van der Waals surface area contributed by atoms with Gasteiger partial charge in [0.2, 0.25) is 0 Å². The summed E-state index contributed by atoms with van der Waals surface area (Å²) in [7, 11) is 1.54. The molecule has 3 nitrogen and oxygen atoms in total. The summed E-state index contributed by atoms with van der Waals surface area (Å²) in [6.07, 6.45) is -0.845.